The molecule has 0 saturated heterocycles. The standard InChI is InChI=1S/C30H29N7O7/c1-36-16-20-15-22(34-30(32-17-31)33-21-7-10-23(11-8-21)37(43)44)9-12-24(20)27(36)28(40)35-25(29(41)42)14-19-4-2-18(3-5-19)6-13-26(38)39/h2-5,7-12,15,25,27H,6,13-14,16H2,1H3,(H,35,40)(H,38,39)(H,41,42)(H2,32,33,34). The predicted octanol–water partition coefficient (Wildman–Crippen LogP) is 3.08. The molecule has 0 aromatic heterocycles. The lowest BCUT2D eigenvalue weighted by atomic mass is 10.0. The molecule has 5 N–H and O–H groups in total. The van der Waals surface area contributed by atoms with Crippen molar-refractivity contribution in [3.8, 4) is 6.19 Å². The number of rotatable bonds is 11. The van der Waals surface area contributed by atoms with Crippen molar-refractivity contribution in [1.82, 2.24) is 15.5 Å². The number of aliphatic imine (C=N–C) groups is 1. The zero-order valence-corrected chi connectivity index (χ0v) is 23.6. The summed E-state index contributed by atoms with van der Waals surface area (Å²) < 4.78 is 0. The fourth-order valence-electron chi connectivity index (χ4n) is 4.86. The molecule has 226 valence electrons. The van der Waals surface area contributed by atoms with E-state index < -0.39 is 34.9 Å². The van der Waals surface area contributed by atoms with Crippen LogP contribution in [-0.4, -0.2) is 56.9 Å². The van der Waals surface area contributed by atoms with E-state index >= 15 is 0 Å². The number of benzene rings is 3. The van der Waals surface area contributed by atoms with Crippen molar-refractivity contribution in [2.24, 2.45) is 4.99 Å². The van der Waals surface area contributed by atoms with Crippen LogP contribution in [0.3, 0.4) is 0 Å². The monoisotopic (exact) mass is 599 g/mol. The van der Waals surface area contributed by atoms with Gasteiger partial charge in [-0.2, -0.15) is 5.26 Å². The highest BCUT2D eigenvalue weighted by atomic mass is 16.6. The maximum absolute atomic E-state index is 13.3. The van der Waals surface area contributed by atoms with Crippen LogP contribution >= 0.6 is 0 Å². The van der Waals surface area contributed by atoms with E-state index in [4.69, 9.17) is 10.4 Å². The van der Waals surface area contributed by atoms with Crippen molar-refractivity contribution in [2.75, 3.05) is 12.4 Å². The summed E-state index contributed by atoms with van der Waals surface area (Å²) in [6, 6.07) is 15.8. The molecule has 0 spiro atoms. The number of nitriles is 1. The molecule has 1 aliphatic heterocycles. The van der Waals surface area contributed by atoms with Crippen LogP contribution in [0.5, 0.6) is 0 Å². The molecular weight excluding hydrogens is 570 g/mol. The average molecular weight is 600 g/mol. The lowest BCUT2D eigenvalue weighted by molar-refractivity contribution is -0.384. The Bertz CT molecular complexity index is 1630. The summed E-state index contributed by atoms with van der Waals surface area (Å²) in [5.41, 5.74) is 3.87. The van der Waals surface area contributed by atoms with Gasteiger partial charge in [0.25, 0.3) is 5.69 Å². The van der Waals surface area contributed by atoms with Crippen molar-refractivity contribution >= 4 is 40.9 Å². The van der Waals surface area contributed by atoms with E-state index in [2.05, 4.69) is 20.9 Å². The number of carbonyl (C=O) groups is 3. The van der Waals surface area contributed by atoms with Gasteiger partial charge in [-0.3, -0.25) is 29.9 Å². The number of carbonyl (C=O) groups excluding carboxylic acids is 1. The number of nitro groups is 1. The minimum atomic E-state index is -1.18. The van der Waals surface area contributed by atoms with E-state index in [1.54, 1.807) is 60.6 Å². The number of nitrogens with zero attached hydrogens (tertiary/aromatic N) is 4. The van der Waals surface area contributed by atoms with Gasteiger partial charge in [-0.25, -0.2) is 9.79 Å². The molecular formula is C30H29N7O7. The molecule has 2 unspecified atom stereocenters. The molecule has 14 heteroatoms. The Hall–Kier alpha value is -5.81. The topological polar surface area (TPSA) is 210 Å². The zero-order chi connectivity index (χ0) is 31.8. The van der Waals surface area contributed by atoms with Gasteiger partial charge < -0.3 is 20.8 Å². The first kappa shape index (κ1) is 31.1. The van der Waals surface area contributed by atoms with Gasteiger partial charge in [0.1, 0.15) is 12.1 Å². The number of anilines is 1. The number of nitrogens with one attached hydrogen (secondary N) is 3. The minimum Gasteiger partial charge on any atom is -0.481 e. The third-order valence-corrected chi connectivity index (χ3v) is 6.99. The number of aliphatic carboxylic acids is 2. The molecule has 14 nitrogen and oxygen atoms in total. The van der Waals surface area contributed by atoms with Crippen LogP contribution in [0.15, 0.2) is 71.7 Å². The molecule has 0 bridgehead atoms. The number of nitro benzene ring substituents is 1. The Morgan fingerprint density at radius 2 is 1.77 bits per heavy atom. The number of amides is 1. The number of carboxylic acid groups (broad SMARTS) is 2. The highest BCUT2D eigenvalue weighted by Crippen LogP contribution is 2.34. The molecule has 44 heavy (non-hydrogen) atoms. The predicted molar refractivity (Wildman–Crippen MR) is 159 cm³/mol. The minimum absolute atomic E-state index is 0.00518. The van der Waals surface area contributed by atoms with E-state index in [9.17, 15) is 29.6 Å². The van der Waals surface area contributed by atoms with Gasteiger partial charge in [-0.1, -0.05) is 30.3 Å². The van der Waals surface area contributed by atoms with Gasteiger partial charge in [-0.15, -0.1) is 0 Å². The number of aryl methyl sites for hydroxylation is 1. The molecule has 1 aliphatic rings. The van der Waals surface area contributed by atoms with Crippen LogP contribution < -0.4 is 16.0 Å². The van der Waals surface area contributed by atoms with Crippen LogP contribution in [0.4, 0.5) is 17.1 Å². The number of guanidine groups is 1. The number of carboxylic acids is 2. The lowest BCUT2D eigenvalue weighted by Crippen LogP contribution is -2.46. The van der Waals surface area contributed by atoms with Crippen LogP contribution in [0.1, 0.15) is 34.7 Å². The summed E-state index contributed by atoms with van der Waals surface area (Å²) in [4.78, 5) is 52.6. The smallest absolute Gasteiger partial charge is 0.326 e. The number of likely N-dealkylation sites (N-methyl/N-ethyl adjacent to an activating group) is 1. The Morgan fingerprint density at radius 3 is 2.39 bits per heavy atom. The molecule has 0 radical (unpaired) electrons. The van der Waals surface area contributed by atoms with Gasteiger partial charge >= 0.3 is 11.9 Å². The molecule has 0 fully saturated rings. The van der Waals surface area contributed by atoms with Gasteiger partial charge in [0.05, 0.1) is 10.6 Å². The molecule has 2 atom stereocenters. The summed E-state index contributed by atoms with van der Waals surface area (Å²) in [6.07, 6.45) is 2.20. The fourth-order valence-corrected chi connectivity index (χ4v) is 4.86. The van der Waals surface area contributed by atoms with Crippen molar-refractivity contribution in [3.05, 3.63) is 99.1 Å². The first-order valence-electron chi connectivity index (χ1n) is 13.4. The van der Waals surface area contributed by atoms with Crippen LogP contribution in [0.25, 0.3) is 0 Å². The van der Waals surface area contributed by atoms with Gasteiger partial charge in [0.2, 0.25) is 11.9 Å². The lowest BCUT2D eigenvalue weighted by Gasteiger charge is -2.23. The summed E-state index contributed by atoms with van der Waals surface area (Å²) >= 11 is 0. The number of non-ortho nitro benzene ring substituents is 1. The van der Waals surface area contributed by atoms with E-state index in [0.29, 0.717) is 35.5 Å². The van der Waals surface area contributed by atoms with Gasteiger partial charge in [0.15, 0.2) is 6.19 Å². The van der Waals surface area contributed by atoms with Crippen LogP contribution in [0, 0.1) is 21.6 Å². The zero-order valence-electron chi connectivity index (χ0n) is 23.6. The maximum atomic E-state index is 13.3. The second-order valence-corrected chi connectivity index (χ2v) is 10.1. The van der Waals surface area contributed by atoms with Crippen molar-refractivity contribution in [2.45, 2.75) is 37.9 Å². The first-order chi connectivity index (χ1) is 21.0. The normalized spacial score (nSPS) is 15.0. The quantitative estimate of drug-likeness (QED) is 0.0540. The highest BCUT2D eigenvalue weighted by Gasteiger charge is 2.35. The molecule has 4 rings (SSSR count). The summed E-state index contributed by atoms with van der Waals surface area (Å²) in [7, 11) is 1.75. The second kappa shape index (κ2) is 13.9. The Morgan fingerprint density at radius 1 is 1.09 bits per heavy atom. The third kappa shape index (κ3) is 7.93. The summed E-state index contributed by atoms with van der Waals surface area (Å²) in [6.45, 7) is 0.402. The number of hydrogen-bond donors (Lipinski definition) is 5. The van der Waals surface area contributed by atoms with E-state index in [1.165, 1.54) is 24.3 Å². The fraction of sp³-hybridized carbons (Fsp3) is 0.233. The Balaban J connectivity index is 1.45. The molecule has 3 aromatic carbocycles. The largest absolute Gasteiger partial charge is 0.481 e. The SMILES string of the molecule is CN1Cc2cc(NC(=Nc3ccc([N+](=O)[O-])cc3)NC#N)ccc2C1C(=O)NC(Cc1ccc(CCC(=O)O)cc1)C(=O)O. The molecule has 1 amide bonds. The molecule has 0 aliphatic carbocycles. The summed E-state index contributed by atoms with van der Waals surface area (Å²) in [5.74, 6) is -2.47. The first-order valence-corrected chi connectivity index (χ1v) is 13.4. The van der Waals surface area contributed by atoms with Crippen molar-refractivity contribution < 1.29 is 29.5 Å². The van der Waals surface area contributed by atoms with Gasteiger partial charge in [-0.05, 0) is 60.0 Å². The third-order valence-electron chi connectivity index (χ3n) is 6.99. The number of fused-ring (bicyclic) bond motifs is 1. The molecule has 1 heterocycles. The van der Waals surface area contributed by atoms with Crippen molar-refractivity contribution in [1.29, 1.82) is 5.26 Å². The Kier molecular flexibility index (Phi) is 9.84. The Labute approximate surface area is 251 Å². The van der Waals surface area contributed by atoms with Crippen LogP contribution in [0.2, 0.25) is 0 Å². The second-order valence-electron chi connectivity index (χ2n) is 10.1. The van der Waals surface area contributed by atoms with E-state index in [-0.39, 0.29) is 24.5 Å². The summed E-state index contributed by atoms with van der Waals surface area (Å²) in [5, 5.41) is 46.8. The maximum Gasteiger partial charge on any atom is 0.326 e. The highest BCUT2D eigenvalue weighted by molar-refractivity contribution is 5.96. The van der Waals surface area contributed by atoms with E-state index in [1.807, 2.05) is 0 Å². The van der Waals surface area contributed by atoms with E-state index in [0.717, 1.165) is 11.1 Å². The van der Waals surface area contributed by atoms with Crippen LogP contribution in [-0.2, 0) is 33.8 Å². The average Bonchev–Trinajstić information content (AvgIpc) is 3.31. The molecule has 3 aromatic rings. The van der Waals surface area contributed by atoms with Crippen molar-refractivity contribution in [3.63, 3.8) is 0 Å². The van der Waals surface area contributed by atoms with Gasteiger partial charge in [0, 0.05) is 37.2 Å². The molecule has 0 saturated carbocycles. The number of hydrogen-bond acceptors (Lipinski definition) is 8.